The number of carbonyl (C=O) groups excluding carboxylic acids is 2. The van der Waals surface area contributed by atoms with Gasteiger partial charge in [0.15, 0.2) is 0 Å². The Bertz CT molecular complexity index is 258. The van der Waals surface area contributed by atoms with Gasteiger partial charge in [0.2, 0.25) is 0 Å². The average Bonchev–Trinajstić information content (AvgIpc) is 2.86. The van der Waals surface area contributed by atoms with Crippen molar-refractivity contribution in [1.29, 1.82) is 0 Å². The third-order valence-electron chi connectivity index (χ3n) is 3.86. The molecule has 4 heteroatoms. The molecule has 4 atom stereocenters. The standard InChI is InChI=1S/C11H16O4/c1-14-10(12)8-6-3-4-7(5-6)9(8)11(13)15-2/h6-9H,3-5H2,1-2H3. The first-order chi connectivity index (χ1) is 7.19. The monoisotopic (exact) mass is 212 g/mol. The van der Waals surface area contributed by atoms with Crippen molar-refractivity contribution in [3.05, 3.63) is 0 Å². The van der Waals surface area contributed by atoms with Crippen LogP contribution in [0, 0.1) is 23.7 Å². The predicted octanol–water partition coefficient (Wildman–Crippen LogP) is 0.995. The van der Waals surface area contributed by atoms with Crippen molar-refractivity contribution in [2.75, 3.05) is 14.2 Å². The van der Waals surface area contributed by atoms with Crippen molar-refractivity contribution in [3.8, 4) is 0 Å². The van der Waals surface area contributed by atoms with Gasteiger partial charge in [-0.25, -0.2) is 0 Å². The van der Waals surface area contributed by atoms with Crippen molar-refractivity contribution in [3.63, 3.8) is 0 Å². The second kappa shape index (κ2) is 3.83. The van der Waals surface area contributed by atoms with Crippen molar-refractivity contribution < 1.29 is 19.1 Å². The van der Waals surface area contributed by atoms with Crippen molar-refractivity contribution in [2.24, 2.45) is 23.7 Å². The Morgan fingerprint density at radius 2 is 1.33 bits per heavy atom. The first kappa shape index (κ1) is 10.5. The molecule has 0 saturated heterocycles. The lowest BCUT2D eigenvalue weighted by molar-refractivity contribution is -0.160. The van der Waals surface area contributed by atoms with Gasteiger partial charge in [-0.15, -0.1) is 0 Å². The molecular formula is C11H16O4. The van der Waals surface area contributed by atoms with E-state index in [1.165, 1.54) is 14.2 Å². The van der Waals surface area contributed by atoms with Crippen molar-refractivity contribution >= 4 is 11.9 Å². The molecule has 0 spiro atoms. The second-order valence-corrected chi connectivity index (χ2v) is 4.43. The Morgan fingerprint density at radius 3 is 1.67 bits per heavy atom. The summed E-state index contributed by atoms with van der Waals surface area (Å²) in [6.45, 7) is 0. The second-order valence-electron chi connectivity index (χ2n) is 4.43. The third-order valence-corrected chi connectivity index (χ3v) is 3.86. The summed E-state index contributed by atoms with van der Waals surface area (Å²) in [7, 11) is 2.76. The maximum atomic E-state index is 11.6. The number of hydrogen-bond acceptors (Lipinski definition) is 4. The maximum Gasteiger partial charge on any atom is 0.309 e. The van der Waals surface area contributed by atoms with Gasteiger partial charge in [0.1, 0.15) is 0 Å². The molecule has 0 aromatic rings. The lowest BCUT2D eigenvalue weighted by Crippen LogP contribution is -2.36. The highest BCUT2D eigenvalue weighted by atomic mass is 16.5. The van der Waals surface area contributed by atoms with E-state index in [0.717, 1.165) is 19.3 Å². The van der Waals surface area contributed by atoms with Crippen LogP contribution in [-0.2, 0) is 19.1 Å². The molecule has 0 aromatic carbocycles. The molecule has 15 heavy (non-hydrogen) atoms. The molecule has 2 aliphatic carbocycles. The fraction of sp³-hybridized carbons (Fsp3) is 0.818. The van der Waals surface area contributed by atoms with Gasteiger partial charge in [0.05, 0.1) is 26.1 Å². The minimum Gasteiger partial charge on any atom is -0.469 e. The molecule has 0 N–H and O–H groups in total. The van der Waals surface area contributed by atoms with Gasteiger partial charge in [-0.1, -0.05) is 0 Å². The van der Waals surface area contributed by atoms with Crippen LogP contribution in [0.4, 0.5) is 0 Å². The first-order valence-electron chi connectivity index (χ1n) is 5.34. The van der Waals surface area contributed by atoms with E-state index >= 15 is 0 Å². The molecule has 0 amide bonds. The Kier molecular flexibility index (Phi) is 2.67. The quantitative estimate of drug-likeness (QED) is 0.641. The predicted molar refractivity (Wildman–Crippen MR) is 51.8 cm³/mol. The van der Waals surface area contributed by atoms with Crippen molar-refractivity contribution in [1.82, 2.24) is 0 Å². The smallest absolute Gasteiger partial charge is 0.309 e. The van der Waals surface area contributed by atoms with Crippen LogP contribution < -0.4 is 0 Å². The van der Waals surface area contributed by atoms with E-state index < -0.39 is 0 Å². The minimum atomic E-state index is -0.263. The van der Waals surface area contributed by atoms with Crippen LogP contribution in [-0.4, -0.2) is 26.2 Å². The molecule has 84 valence electrons. The van der Waals surface area contributed by atoms with E-state index in [1.54, 1.807) is 0 Å². The van der Waals surface area contributed by atoms with Crippen LogP contribution in [0.5, 0.6) is 0 Å². The highest BCUT2D eigenvalue weighted by Gasteiger charge is 2.54. The van der Waals surface area contributed by atoms with Gasteiger partial charge in [-0.2, -0.15) is 0 Å². The Labute approximate surface area is 88.9 Å². The van der Waals surface area contributed by atoms with E-state index in [-0.39, 0.29) is 23.8 Å². The molecule has 2 saturated carbocycles. The number of carbonyl (C=O) groups is 2. The molecule has 4 unspecified atom stereocenters. The number of ether oxygens (including phenoxy) is 2. The summed E-state index contributed by atoms with van der Waals surface area (Å²) in [4.78, 5) is 23.2. The molecular weight excluding hydrogens is 196 g/mol. The summed E-state index contributed by atoms with van der Waals surface area (Å²) in [5.74, 6) is -0.379. The zero-order valence-corrected chi connectivity index (χ0v) is 9.06. The van der Waals surface area contributed by atoms with Gasteiger partial charge in [0, 0.05) is 0 Å². The van der Waals surface area contributed by atoms with Crippen LogP contribution in [0.3, 0.4) is 0 Å². The third kappa shape index (κ3) is 1.52. The van der Waals surface area contributed by atoms with E-state index in [4.69, 9.17) is 9.47 Å². The molecule has 4 nitrogen and oxygen atoms in total. The van der Waals surface area contributed by atoms with Crippen LogP contribution in [0.1, 0.15) is 19.3 Å². The number of hydrogen-bond donors (Lipinski definition) is 0. The fourth-order valence-corrected chi connectivity index (χ4v) is 3.24. The summed E-state index contributed by atoms with van der Waals surface area (Å²) in [6.07, 6.45) is 3.05. The van der Waals surface area contributed by atoms with Crippen LogP contribution >= 0.6 is 0 Å². The zero-order chi connectivity index (χ0) is 11.0. The normalized spacial score (nSPS) is 37.7. The largest absolute Gasteiger partial charge is 0.469 e. The fourth-order valence-electron chi connectivity index (χ4n) is 3.24. The molecule has 0 aliphatic heterocycles. The molecule has 2 bridgehead atoms. The molecule has 2 aliphatic rings. The highest BCUT2D eigenvalue weighted by molar-refractivity contribution is 5.83. The minimum absolute atomic E-state index is 0.252. The van der Waals surface area contributed by atoms with Gasteiger partial charge < -0.3 is 9.47 Å². The van der Waals surface area contributed by atoms with Crippen LogP contribution in [0.15, 0.2) is 0 Å². The van der Waals surface area contributed by atoms with E-state index in [0.29, 0.717) is 11.8 Å². The number of methoxy groups -OCH3 is 2. The van der Waals surface area contributed by atoms with E-state index in [1.807, 2.05) is 0 Å². The van der Waals surface area contributed by atoms with Crippen LogP contribution in [0.2, 0.25) is 0 Å². The number of fused-ring (bicyclic) bond motifs is 2. The lowest BCUT2D eigenvalue weighted by Gasteiger charge is -2.26. The Hall–Kier alpha value is -1.06. The summed E-state index contributed by atoms with van der Waals surface area (Å²) < 4.78 is 9.53. The Balaban J connectivity index is 2.19. The van der Waals surface area contributed by atoms with Crippen molar-refractivity contribution in [2.45, 2.75) is 19.3 Å². The summed E-state index contributed by atoms with van der Waals surface area (Å²) in [6, 6.07) is 0. The number of esters is 2. The molecule has 2 rings (SSSR count). The van der Waals surface area contributed by atoms with Gasteiger partial charge in [-0.05, 0) is 31.1 Å². The molecule has 2 fully saturated rings. The summed E-state index contributed by atoms with van der Waals surface area (Å²) in [5, 5.41) is 0. The molecule has 0 radical (unpaired) electrons. The topological polar surface area (TPSA) is 52.6 Å². The van der Waals surface area contributed by atoms with E-state index in [2.05, 4.69) is 0 Å². The Morgan fingerprint density at radius 1 is 0.933 bits per heavy atom. The summed E-state index contributed by atoms with van der Waals surface area (Å²) >= 11 is 0. The van der Waals surface area contributed by atoms with Gasteiger partial charge in [0.25, 0.3) is 0 Å². The lowest BCUT2D eigenvalue weighted by atomic mass is 9.79. The number of rotatable bonds is 2. The zero-order valence-electron chi connectivity index (χ0n) is 9.06. The van der Waals surface area contributed by atoms with Gasteiger partial charge >= 0.3 is 11.9 Å². The molecule has 0 aromatic heterocycles. The van der Waals surface area contributed by atoms with Gasteiger partial charge in [-0.3, -0.25) is 9.59 Å². The SMILES string of the molecule is COC(=O)C1C2CCC(C2)C1C(=O)OC. The molecule has 0 heterocycles. The maximum absolute atomic E-state index is 11.6. The highest BCUT2D eigenvalue weighted by Crippen LogP contribution is 2.52. The first-order valence-corrected chi connectivity index (χ1v) is 5.34. The summed E-state index contributed by atoms with van der Waals surface area (Å²) in [5.41, 5.74) is 0. The van der Waals surface area contributed by atoms with E-state index in [9.17, 15) is 9.59 Å². The van der Waals surface area contributed by atoms with Crippen LogP contribution in [0.25, 0.3) is 0 Å². The average molecular weight is 212 g/mol.